The number of fused-ring (bicyclic) bond motifs is 1. The summed E-state index contributed by atoms with van der Waals surface area (Å²) >= 11 is 0. The number of hydrogen-bond donors (Lipinski definition) is 4. The van der Waals surface area contributed by atoms with E-state index < -0.39 is 24.0 Å². The molecule has 1 saturated heterocycles. The molecule has 0 radical (unpaired) electrons. The molecule has 2 fully saturated rings. The van der Waals surface area contributed by atoms with E-state index in [1.807, 2.05) is 0 Å². The standard InChI is InChI=1S/C13H16N6O5/c14-12-16-9(18-13(1-2-13)11(21)22)8-10(17-12)19(5-15-8)6-4-23-7(3-20)24-6/h5-7,20H,1-4H2,(H,21,22)(H3,14,16,17,18)/t6-,7-/m1/s1. The molecule has 2 aliphatic rings. The summed E-state index contributed by atoms with van der Waals surface area (Å²) in [6.07, 6.45) is 1.30. The van der Waals surface area contributed by atoms with Gasteiger partial charge in [0.25, 0.3) is 0 Å². The molecule has 0 amide bonds. The molecule has 1 aliphatic heterocycles. The first-order valence-electron chi connectivity index (χ1n) is 7.42. The summed E-state index contributed by atoms with van der Waals surface area (Å²) in [7, 11) is 0. The van der Waals surface area contributed by atoms with Crippen LogP contribution in [0.1, 0.15) is 19.1 Å². The van der Waals surface area contributed by atoms with E-state index in [0.717, 1.165) is 0 Å². The van der Waals surface area contributed by atoms with E-state index >= 15 is 0 Å². The van der Waals surface area contributed by atoms with Gasteiger partial charge in [-0.15, -0.1) is 0 Å². The highest BCUT2D eigenvalue weighted by atomic mass is 16.7. The number of anilines is 2. The predicted octanol–water partition coefficient (Wildman–Crippen LogP) is -0.699. The molecule has 3 heterocycles. The second kappa shape index (κ2) is 5.26. The number of nitrogens with zero attached hydrogens (tertiary/aromatic N) is 4. The van der Waals surface area contributed by atoms with Gasteiger partial charge in [-0.3, -0.25) is 4.57 Å². The van der Waals surface area contributed by atoms with E-state index in [9.17, 15) is 9.90 Å². The van der Waals surface area contributed by atoms with Gasteiger partial charge in [0.2, 0.25) is 5.95 Å². The van der Waals surface area contributed by atoms with Crippen molar-refractivity contribution in [2.24, 2.45) is 0 Å². The lowest BCUT2D eigenvalue weighted by Crippen LogP contribution is -2.32. The minimum absolute atomic E-state index is 0.00874. The van der Waals surface area contributed by atoms with Gasteiger partial charge in [-0.1, -0.05) is 0 Å². The maximum absolute atomic E-state index is 11.4. The molecule has 1 aliphatic carbocycles. The third kappa shape index (κ3) is 2.33. The lowest BCUT2D eigenvalue weighted by Gasteiger charge is -2.14. The fraction of sp³-hybridized carbons (Fsp3) is 0.538. The molecule has 0 aromatic carbocycles. The number of imidazole rings is 1. The van der Waals surface area contributed by atoms with Crippen LogP contribution >= 0.6 is 0 Å². The minimum atomic E-state index is -1.02. The van der Waals surface area contributed by atoms with Crippen molar-refractivity contribution in [3.8, 4) is 0 Å². The number of carbonyl (C=O) groups is 1. The van der Waals surface area contributed by atoms with Gasteiger partial charge in [0.05, 0.1) is 19.5 Å². The van der Waals surface area contributed by atoms with Crippen LogP contribution in [0.3, 0.4) is 0 Å². The molecule has 4 rings (SSSR count). The Bertz CT molecular complexity index is 803. The maximum Gasteiger partial charge on any atom is 0.329 e. The third-order valence-electron chi connectivity index (χ3n) is 4.15. The van der Waals surface area contributed by atoms with Crippen molar-refractivity contribution in [1.29, 1.82) is 0 Å². The van der Waals surface area contributed by atoms with E-state index in [0.29, 0.717) is 24.0 Å². The van der Waals surface area contributed by atoms with Crippen molar-refractivity contribution < 1.29 is 24.5 Å². The summed E-state index contributed by atoms with van der Waals surface area (Å²) in [6.45, 7) is -0.0311. The number of carboxylic acids is 1. The number of ether oxygens (including phenoxy) is 2. The first kappa shape index (κ1) is 15.1. The van der Waals surface area contributed by atoms with Crippen molar-refractivity contribution in [3.05, 3.63) is 6.33 Å². The van der Waals surface area contributed by atoms with Gasteiger partial charge in [-0.25, -0.2) is 9.78 Å². The third-order valence-corrected chi connectivity index (χ3v) is 4.15. The first-order valence-corrected chi connectivity index (χ1v) is 7.42. The molecule has 128 valence electrons. The van der Waals surface area contributed by atoms with Gasteiger partial charge < -0.3 is 30.7 Å². The molecule has 24 heavy (non-hydrogen) atoms. The number of aliphatic carboxylic acids is 1. The Hall–Kier alpha value is -2.50. The average Bonchev–Trinajstić information content (AvgIpc) is 3.00. The van der Waals surface area contributed by atoms with Gasteiger partial charge in [-0.2, -0.15) is 9.97 Å². The number of carboxylic acid groups (broad SMARTS) is 1. The highest BCUT2D eigenvalue weighted by Crippen LogP contribution is 2.40. The number of aliphatic hydroxyl groups excluding tert-OH is 1. The molecule has 2 atom stereocenters. The lowest BCUT2D eigenvalue weighted by molar-refractivity contribution is -0.138. The highest BCUT2D eigenvalue weighted by Gasteiger charge is 2.51. The Kier molecular flexibility index (Phi) is 3.30. The zero-order valence-electron chi connectivity index (χ0n) is 12.5. The quantitative estimate of drug-likeness (QED) is 0.550. The number of hydrogen-bond acceptors (Lipinski definition) is 9. The lowest BCUT2D eigenvalue weighted by atomic mass is 10.2. The molecular weight excluding hydrogens is 320 g/mol. The van der Waals surface area contributed by atoms with Crippen LogP contribution in [0.5, 0.6) is 0 Å². The molecule has 11 nitrogen and oxygen atoms in total. The Morgan fingerprint density at radius 2 is 2.29 bits per heavy atom. The smallest absolute Gasteiger partial charge is 0.329 e. The largest absolute Gasteiger partial charge is 0.480 e. The normalized spacial score (nSPS) is 25.0. The number of aromatic nitrogens is 4. The van der Waals surface area contributed by atoms with Crippen molar-refractivity contribution >= 4 is 28.9 Å². The molecule has 0 bridgehead atoms. The van der Waals surface area contributed by atoms with Crippen LogP contribution in [-0.4, -0.2) is 60.7 Å². The van der Waals surface area contributed by atoms with Gasteiger partial charge in [0, 0.05) is 0 Å². The van der Waals surface area contributed by atoms with Crippen LogP contribution in [-0.2, 0) is 14.3 Å². The number of rotatable bonds is 5. The summed E-state index contributed by atoms with van der Waals surface area (Å²) in [4.78, 5) is 23.9. The number of nitrogen functional groups attached to an aromatic ring is 1. The second-order valence-electron chi connectivity index (χ2n) is 5.80. The van der Waals surface area contributed by atoms with Crippen LogP contribution < -0.4 is 11.1 Å². The van der Waals surface area contributed by atoms with E-state index in [-0.39, 0.29) is 25.0 Å². The Labute approximate surface area is 135 Å². The van der Waals surface area contributed by atoms with Crippen molar-refractivity contribution in [3.63, 3.8) is 0 Å². The van der Waals surface area contributed by atoms with Crippen LogP contribution in [0.2, 0.25) is 0 Å². The van der Waals surface area contributed by atoms with Crippen molar-refractivity contribution in [2.75, 3.05) is 24.3 Å². The van der Waals surface area contributed by atoms with E-state index in [4.69, 9.17) is 20.3 Å². The number of aliphatic hydroxyl groups is 1. The molecule has 5 N–H and O–H groups in total. The minimum Gasteiger partial charge on any atom is -0.480 e. The summed E-state index contributed by atoms with van der Waals surface area (Å²) < 4.78 is 12.4. The fourth-order valence-electron chi connectivity index (χ4n) is 2.66. The molecule has 11 heteroatoms. The van der Waals surface area contributed by atoms with E-state index in [1.54, 1.807) is 4.57 Å². The summed E-state index contributed by atoms with van der Waals surface area (Å²) in [5.74, 6) is -0.676. The van der Waals surface area contributed by atoms with E-state index in [1.165, 1.54) is 6.33 Å². The molecule has 1 saturated carbocycles. The van der Waals surface area contributed by atoms with E-state index in [2.05, 4.69) is 20.3 Å². The van der Waals surface area contributed by atoms with Gasteiger partial charge in [0.1, 0.15) is 5.54 Å². The SMILES string of the molecule is Nc1nc(NC2(C(=O)O)CC2)c2ncn([C@H]3CO[C@@H](CO)O3)c2n1. The summed E-state index contributed by atoms with van der Waals surface area (Å²) in [5.41, 5.74) is 5.53. The van der Waals surface area contributed by atoms with Gasteiger partial charge >= 0.3 is 5.97 Å². The molecule has 0 unspecified atom stereocenters. The van der Waals surface area contributed by atoms with Crippen molar-refractivity contribution in [1.82, 2.24) is 19.5 Å². The number of nitrogens with two attached hydrogens (primary N) is 1. The topological polar surface area (TPSA) is 158 Å². The predicted molar refractivity (Wildman–Crippen MR) is 79.9 cm³/mol. The van der Waals surface area contributed by atoms with Crippen LogP contribution in [0, 0.1) is 0 Å². The molecule has 2 aromatic heterocycles. The van der Waals surface area contributed by atoms with Crippen molar-refractivity contribution in [2.45, 2.75) is 30.9 Å². The van der Waals surface area contributed by atoms with Crippen LogP contribution in [0.25, 0.3) is 11.2 Å². The second-order valence-corrected chi connectivity index (χ2v) is 5.80. The Balaban J connectivity index is 1.71. The fourth-order valence-corrected chi connectivity index (χ4v) is 2.66. The van der Waals surface area contributed by atoms with Gasteiger partial charge in [0.15, 0.2) is 29.5 Å². The van der Waals surface area contributed by atoms with Crippen LogP contribution in [0.15, 0.2) is 6.33 Å². The Morgan fingerprint density at radius 1 is 1.50 bits per heavy atom. The number of nitrogens with one attached hydrogen (secondary N) is 1. The monoisotopic (exact) mass is 336 g/mol. The maximum atomic E-state index is 11.4. The average molecular weight is 336 g/mol. The first-order chi connectivity index (χ1) is 11.5. The zero-order chi connectivity index (χ0) is 16.9. The molecular formula is C13H16N6O5. The Morgan fingerprint density at radius 3 is 2.92 bits per heavy atom. The summed E-state index contributed by atoms with van der Waals surface area (Å²) in [5, 5.41) is 21.3. The summed E-state index contributed by atoms with van der Waals surface area (Å²) in [6, 6.07) is 0. The zero-order valence-corrected chi connectivity index (χ0v) is 12.5. The van der Waals surface area contributed by atoms with Crippen LogP contribution in [0.4, 0.5) is 11.8 Å². The van der Waals surface area contributed by atoms with Gasteiger partial charge in [-0.05, 0) is 12.8 Å². The molecule has 0 spiro atoms. The molecule has 2 aromatic rings. The highest BCUT2D eigenvalue weighted by molar-refractivity contribution is 5.91.